The zero-order chi connectivity index (χ0) is 23.5. The van der Waals surface area contributed by atoms with Crippen molar-refractivity contribution in [3.63, 3.8) is 0 Å². The van der Waals surface area contributed by atoms with Crippen LogP contribution in [-0.4, -0.2) is 50.6 Å². The van der Waals surface area contributed by atoms with Crippen molar-refractivity contribution < 1.29 is 18.8 Å². The first-order valence-corrected chi connectivity index (χ1v) is 10.3. The van der Waals surface area contributed by atoms with Crippen molar-refractivity contribution in [2.24, 2.45) is 5.92 Å². The van der Waals surface area contributed by atoms with Crippen LogP contribution in [0.3, 0.4) is 0 Å². The zero-order valence-corrected chi connectivity index (χ0v) is 18.0. The third kappa shape index (κ3) is 4.45. The van der Waals surface area contributed by atoms with Crippen molar-refractivity contribution in [2.75, 3.05) is 18.5 Å². The standard InChI is InChI=1S/C22H21N7O4/c1-13(2)20(30)26-16-7-14(9-23)3-4-15(16)17-8-19-22(32)28(5-6-29(19)27-17)11-24-21(31)18-10-33-12-25-18/h3-4,7-8,10,12-13H,5-6,11H2,1-2H3,(H,24,31)(H,26,30). The van der Waals surface area contributed by atoms with E-state index in [9.17, 15) is 19.6 Å². The second kappa shape index (κ2) is 8.96. The molecule has 11 heteroatoms. The van der Waals surface area contributed by atoms with Crippen molar-refractivity contribution in [3.8, 4) is 17.3 Å². The quantitative estimate of drug-likeness (QED) is 0.586. The Balaban J connectivity index is 1.56. The number of benzene rings is 1. The largest absolute Gasteiger partial charge is 0.451 e. The van der Waals surface area contributed by atoms with E-state index >= 15 is 0 Å². The van der Waals surface area contributed by atoms with Gasteiger partial charge in [0.2, 0.25) is 5.91 Å². The second-order valence-corrected chi connectivity index (χ2v) is 7.76. The van der Waals surface area contributed by atoms with E-state index in [0.717, 1.165) is 6.39 Å². The summed E-state index contributed by atoms with van der Waals surface area (Å²) in [4.78, 5) is 42.6. The normalized spacial score (nSPS) is 12.9. The molecular weight excluding hydrogens is 426 g/mol. The van der Waals surface area contributed by atoms with Gasteiger partial charge in [-0.1, -0.05) is 13.8 Å². The fourth-order valence-corrected chi connectivity index (χ4v) is 3.32. The summed E-state index contributed by atoms with van der Waals surface area (Å²) >= 11 is 0. The topological polar surface area (TPSA) is 146 Å². The number of carbonyl (C=O) groups is 3. The van der Waals surface area contributed by atoms with Crippen LogP contribution in [0.2, 0.25) is 0 Å². The Kier molecular flexibility index (Phi) is 5.91. The Bertz CT molecular complexity index is 1250. The molecule has 0 atom stereocenters. The van der Waals surface area contributed by atoms with E-state index in [-0.39, 0.29) is 30.1 Å². The Labute approximate surface area is 189 Å². The Hall–Kier alpha value is -4.46. The minimum atomic E-state index is -0.445. The molecule has 11 nitrogen and oxygen atoms in total. The predicted molar refractivity (Wildman–Crippen MR) is 116 cm³/mol. The maximum Gasteiger partial charge on any atom is 0.274 e. The molecule has 1 aliphatic heterocycles. The first-order chi connectivity index (χ1) is 15.9. The summed E-state index contributed by atoms with van der Waals surface area (Å²) in [5.41, 5.74) is 2.43. The lowest BCUT2D eigenvalue weighted by Crippen LogP contribution is -2.46. The number of nitrogens with one attached hydrogen (secondary N) is 2. The highest BCUT2D eigenvalue weighted by molar-refractivity contribution is 5.98. The maximum atomic E-state index is 13.0. The van der Waals surface area contributed by atoms with E-state index in [1.165, 1.54) is 11.2 Å². The Morgan fingerprint density at radius 3 is 2.79 bits per heavy atom. The van der Waals surface area contributed by atoms with E-state index in [4.69, 9.17) is 4.42 Å². The smallest absolute Gasteiger partial charge is 0.274 e. The molecule has 2 N–H and O–H groups in total. The summed E-state index contributed by atoms with van der Waals surface area (Å²) in [6, 6.07) is 8.61. The Morgan fingerprint density at radius 2 is 2.09 bits per heavy atom. The van der Waals surface area contributed by atoms with Crippen LogP contribution < -0.4 is 10.6 Å². The molecule has 0 spiro atoms. The molecule has 0 saturated heterocycles. The number of carbonyl (C=O) groups excluding carboxylic acids is 3. The molecule has 0 bridgehead atoms. The molecule has 0 unspecified atom stereocenters. The average Bonchev–Trinajstić information content (AvgIpc) is 3.49. The molecule has 0 radical (unpaired) electrons. The van der Waals surface area contributed by atoms with Gasteiger partial charge < -0.3 is 20.0 Å². The number of fused-ring (bicyclic) bond motifs is 1. The third-order valence-electron chi connectivity index (χ3n) is 5.17. The molecule has 1 aromatic carbocycles. The summed E-state index contributed by atoms with van der Waals surface area (Å²) in [5.74, 6) is -1.18. The molecule has 168 valence electrons. The summed E-state index contributed by atoms with van der Waals surface area (Å²) in [6.45, 7) is 4.35. The summed E-state index contributed by atoms with van der Waals surface area (Å²) in [5, 5.41) is 19.3. The Morgan fingerprint density at radius 1 is 1.27 bits per heavy atom. The minimum Gasteiger partial charge on any atom is -0.451 e. The molecule has 0 aliphatic carbocycles. The van der Waals surface area contributed by atoms with Crippen molar-refractivity contribution in [1.82, 2.24) is 25.0 Å². The predicted octanol–water partition coefficient (Wildman–Crippen LogP) is 1.85. The van der Waals surface area contributed by atoms with Crippen LogP contribution in [0.4, 0.5) is 5.69 Å². The SMILES string of the molecule is CC(C)C(=O)Nc1cc(C#N)ccc1-c1cc2n(n1)CCN(CNC(=O)c1cocn1)C2=O. The highest BCUT2D eigenvalue weighted by atomic mass is 16.3. The molecule has 2 aromatic heterocycles. The zero-order valence-electron chi connectivity index (χ0n) is 18.0. The van der Waals surface area contributed by atoms with Crippen molar-refractivity contribution in [3.05, 3.63) is 53.9 Å². The first-order valence-electron chi connectivity index (χ1n) is 10.3. The fourth-order valence-electron chi connectivity index (χ4n) is 3.32. The maximum absolute atomic E-state index is 13.0. The van der Waals surface area contributed by atoms with Gasteiger partial charge in [-0.2, -0.15) is 10.4 Å². The number of hydrogen-bond donors (Lipinski definition) is 2. The molecule has 0 saturated carbocycles. The summed E-state index contributed by atoms with van der Waals surface area (Å²) in [6.07, 6.45) is 2.38. The van der Waals surface area contributed by atoms with E-state index in [1.54, 1.807) is 42.8 Å². The highest BCUT2D eigenvalue weighted by Crippen LogP contribution is 2.30. The van der Waals surface area contributed by atoms with Gasteiger partial charge in [-0.25, -0.2) is 4.98 Å². The number of aromatic nitrogens is 3. The van der Waals surface area contributed by atoms with Gasteiger partial charge in [-0.3, -0.25) is 19.1 Å². The van der Waals surface area contributed by atoms with Gasteiger partial charge in [-0.05, 0) is 24.3 Å². The van der Waals surface area contributed by atoms with Gasteiger partial charge in [0.25, 0.3) is 11.8 Å². The minimum absolute atomic E-state index is 0.0115. The molecular formula is C22H21N7O4. The van der Waals surface area contributed by atoms with Crippen LogP contribution in [-0.2, 0) is 11.3 Å². The van der Waals surface area contributed by atoms with E-state index < -0.39 is 5.91 Å². The number of hydrogen-bond acceptors (Lipinski definition) is 7. The van der Waals surface area contributed by atoms with Crippen LogP contribution in [0.1, 0.15) is 40.4 Å². The molecule has 4 rings (SSSR count). The van der Waals surface area contributed by atoms with E-state index in [2.05, 4.69) is 26.8 Å². The fraction of sp³-hybridized carbons (Fsp3) is 0.273. The van der Waals surface area contributed by atoms with E-state index in [1.807, 2.05) is 0 Å². The third-order valence-corrected chi connectivity index (χ3v) is 5.17. The lowest BCUT2D eigenvalue weighted by molar-refractivity contribution is -0.118. The number of rotatable bonds is 6. The number of anilines is 1. The molecule has 0 fully saturated rings. The number of nitrogens with zero attached hydrogens (tertiary/aromatic N) is 5. The molecule has 3 amide bonds. The monoisotopic (exact) mass is 447 g/mol. The molecule has 3 heterocycles. The van der Waals surface area contributed by atoms with Crippen molar-refractivity contribution in [1.29, 1.82) is 5.26 Å². The number of oxazole rings is 1. The number of nitriles is 1. The summed E-state index contributed by atoms with van der Waals surface area (Å²) < 4.78 is 6.39. The van der Waals surface area contributed by atoms with Crippen molar-refractivity contribution >= 4 is 23.4 Å². The van der Waals surface area contributed by atoms with Gasteiger partial charge in [-0.15, -0.1) is 0 Å². The van der Waals surface area contributed by atoms with Gasteiger partial charge in [0.1, 0.15) is 12.0 Å². The van der Waals surface area contributed by atoms with Crippen LogP contribution >= 0.6 is 0 Å². The van der Waals surface area contributed by atoms with Crippen LogP contribution in [0, 0.1) is 17.2 Å². The van der Waals surface area contributed by atoms with Crippen LogP contribution in [0.5, 0.6) is 0 Å². The van der Waals surface area contributed by atoms with Gasteiger partial charge >= 0.3 is 0 Å². The van der Waals surface area contributed by atoms with Gasteiger partial charge in [0.15, 0.2) is 12.1 Å². The highest BCUT2D eigenvalue weighted by Gasteiger charge is 2.28. The van der Waals surface area contributed by atoms with Crippen LogP contribution in [0.15, 0.2) is 41.3 Å². The number of amides is 3. The van der Waals surface area contributed by atoms with Gasteiger partial charge in [0.05, 0.1) is 36.2 Å². The summed E-state index contributed by atoms with van der Waals surface area (Å²) in [7, 11) is 0. The average molecular weight is 447 g/mol. The molecule has 33 heavy (non-hydrogen) atoms. The lowest BCUT2D eigenvalue weighted by atomic mass is 10.1. The van der Waals surface area contributed by atoms with Gasteiger partial charge in [0, 0.05) is 18.0 Å². The first kappa shape index (κ1) is 21.8. The second-order valence-electron chi connectivity index (χ2n) is 7.76. The molecule has 3 aromatic rings. The van der Waals surface area contributed by atoms with E-state index in [0.29, 0.717) is 41.3 Å². The van der Waals surface area contributed by atoms with Crippen LogP contribution in [0.25, 0.3) is 11.3 Å². The van der Waals surface area contributed by atoms with Crippen molar-refractivity contribution in [2.45, 2.75) is 20.4 Å². The molecule has 1 aliphatic rings. The lowest BCUT2D eigenvalue weighted by Gasteiger charge is -2.27.